The van der Waals surface area contributed by atoms with Crippen molar-refractivity contribution in [2.24, 2.45) is 0 Å². The number of nitrogens with one attached hydrogen (secondary N) is 2. The normalized spacial score (nSPS) is 19.1. The molecule has 0 atom stereocenters. The molecule has 0 amide bonds. The van der Waals surface area contributed by atoms with E-state index in [0.29, 0.717) is 11.1 Å². The average Bonchev–Trinajstić information content (AvgIpc) is 2.45. The van der Waals surface area contributed by atoms with Gasteiger partial charge in [0.05, 0.1) is 0 Å². The van der Waals surface area contributed by atoms with Gasteiger partial charge in [-0.15, -0.1) is 0 Å². The van der Waals surface area contributed by atoms with E-state index in [1.807, 2.05) is 12.2 Å². The van der Waals surface area contributed by atoms with E-state index < -0.39 is 0 Å². The minimum Gasteiger partial charge on any atom is -0.393 e. The molecule has 2 aliphatic carbocycles. The predicted octanol–water partition coefficient (Wildman–Crippen LogP) is 1.57. The van der Waals surface area contributed by atoms with Gasteiger partial charge < -0.3 is 10.6 Å². The third-order valence-corrected chi connectivity index (χ3v) is 2.44. The van der Waals surface area contributed by atoms with E-state index in [0.717, 1.165) is 0 Å². The monoisotopic (exact) mass is 333 g/mol. The van der Waals surface area contributed by atoms with Crippen molar-refractivity contribution >= 4 is 11.6 Å². The fraction of sp³-hybridized carbons (Fsp3) is 0.125. The van der Waals surface area contributed by atoms with Gasteiger partial charge in [0, 0.05) is 54.7 Å². The van der Waals surface area contributed by atoms with Gasteiger partial charge in [0.2, 0.25) is 0 Å². The molecule has 0 spiro atoms. The van der Waals surface area contributed by atoms with Gasteiger partial charge in [0.1, 0.15) is 0 Å². The zero-order chi connectivity index (χ0) is 14.8. The summed E-state index contributed by atoms with van der Waals surface area (Å²) in [5.41, 5.74) is 1.40. The van der Waals surface area contributed by atoms with Gasteiger partial charge in [0.15, 0.2) is 11.6 Å². The van der Waals surface area contributed by atoms with Crippen molar-refractivity contribution in [2.45, 2.75) is 0 Å². The van der Waals surface area contributed by atoms with Gasteiger partial charge in [-0.3, -0.25) is 9.59 Å². The molecule has 0 aromatic rings. The Balaban J connectivity index is 0.000000364. The quantitative estimate of drug-likeness (QED) is 0.595. The Morgan fingerprint density at radius 3 is 1.33 bits per heavy atom. The first-order valence-corrected chi connectivity index (χ1v) is 6.22. The first-order chi connectivity index (χ1) is 9.69. The fourth-order valence-corrected chi connectivity index (χ4v) is 1.51. The van der Waals surface area contributed by atoms with Crippen LogP contribution >= 0.6 is 0 Å². The van der Waals surface area contributed by atoms with Crippen LogP contribution in [0.1, 0.15) is 0 Å². The molecule has 0 saturated heterocycles. The van der Waals surface area contributed by atoms with Crippen LogP contribution in [-0.4, -0.2) is 25.7 Å². The van der Waals surface area contributed by atoms with Crippen LogP contribution in [0.2, 0.25) is 0 Å². The van der Waals surface area contributed by atoms with Gasteiger partial charge >= 0.3 is 0 Å². The molecule has 0 saturated carbocycles. The van der Waals surface area contributed by atoms with Crippen LogP contribution in [0.3, 0.4) is 0 Å². The first kappa shape index (κ1) is 18.9. The van der Waals surface area contributed by atoms with E-state index in [1.165, 1.54) is 0 Å². The Morgan fingerprint density at radius 2 is 1.05 bits per heavy atom. The number of allylic oxidation sites excluding steroid dienone is 10. The summed E-state index contributed by atoms with van der Waals surface area (Å²) in [4.78, 5) is 21.9. The molecule has 0 heterocycles. The van der Waals surface area contributed by atoms with Crippen LogP contribution in [0.5, 0.6) is 0 Å². The van der Waals surface area contributed by atoms with E-state index in [4.69, 9.17) is 0 Å². The Labute approximate surface area is 135 Å². The summed E-state index contributed by atoms with van der Waals surface area (Å²) < 4.78 is 0. The van der Waals surface area contributed by atoms with Crippen LogP contribution in [-0.2, 0) is 26.7 Å². The molecule has 1 radical (unpaired) electrons. The minimum atomic E-state index is 0. The van der Waals surface area contributed by atoms with Gasteiger partial charge in [-0.2, -0.15) is 0 Å². The topological polar surface area (TPSA) is 58.2 Å². The molecule has 0 bridgehead atoms. The van der Waals surface area contributed by atoms with E-state index >= 15 is 0 Å². The Kier molecular flexibility index (Phi) is 9.59. The van der Waals surface area contributed by atoms with Crippen LogP contribution in [0.15, 0.2) is 72.2 Å². The summed E-state index contributed by atoms with van der Waals surface area (Å²) in [5, 5.41) is 5.60. The molecule has 21 heavy (non-hydrogen) atoms. The fourth-order valence-electron chi connectivity index (χ4n) is 1.51. The molecule has 0 aromatic heterocycles. The molecular weight excluding hydrogens is 316 g/mol. The smallest absolute Gasteiger partial charge is 0.187 e. The van der Waals surface area contributed by atoms with Crippen LogP contribution in [0, 0.1) is 0 Å². The molecule has 0 unspecified atom stereocenters. The van der Waals surface area contributed by atoms with Gasteiger partial charge in [-0.1, -0.05) is 24.3 Å². The number of rotatable bonds is 2. The van der Waals surface area contributed by atoms with Crippen molar-refractivity contribution < 1.29 is 26.7 Å². The van der Waals surface area contributed by atoms with Crippen molar-refractivity contribution in [2.75, 3.05) is 14.1 Å². The van der Waals surface area contributed by atoms with Crippen molar-refractivity contribution in [3.63, 3.8) is 0 Å². The largest absolute Gasteiger partial charge is 0.393 e. The molecule has 2 aliphatic rings. The third-order valence-electron chi connectivity index (χ3n) is 2.44. The van der Waals surface area contributed by atoms with Crippen molar-refractivity contribution in [1.82, 2.24) is 10.6 Å². The number of hydrogen-bond acceptors (Lipinski definition) is 4. The number of carbonyl (C=O) groups is 2. The van der Waals surface area contributed by atoms with Gasteiger partial charge in [-0.05, 0) is 24.3 Å². The number of carbonyl (C=O) groups excluding carboxylic acids is 2. The molecule has 5 heteroatoms. The second-order valence-corrected chi connectivity index (χ2v) is 3.94. The Hall–Kier alpha value is -2.10. The maximum Gasteiger partial charge on any atom is 0.187 e. The van der Waals surface area contributed by atoms with Crippen LogP contribution < -0.4 is 10.6 Å². The molecular formula is C16H18CuN2O2. The second-order valence-electron chi connectivity index (χ2n) is 3.94. The van der Waals surface area contributed by atoms with Gasteiger partial charge in [0.25, 0.3) is 0 Å². The van der Waals surface area contributed by atoms with Crippen molar-refractivity contribution in [3.05, 3.63) is 72.2 Å². The molecule has 2 rings (SSSR count). The summed E-state index contributed by atoms with van der Waals surface area (Å²) in [6.07, 6.45) is 17.1. The minimum absolute atomic E-state index is 0. The third kappa shape index (κ3) is 6.75. The molecule has 115 valence electrons. The summed E-state index contributed by atoms with van der Waals surface area (Å²) in [5.74, 6) is 0.105. The van der Waals surface area contributed by atoms with Crippen molar-refractivity contribution in [1.29, 1.82) is 0 Å². The van der Waals surface area contributed by atoms with E-state index in [9.17, 15) is 9.59 Å². The number of ketones is 2. The van der Waals surface area contributed by atoms with Crippen LogP contribution in [0.25, 0.3) is 0 Å². The predicted molar refractivity (Wildman–Crippen MR) is 80.9 cm³/mol. The van der Waals surface area contributed by atoms with E-state index in [-0.39, 0.29) is 28.6 Å². The molecule has 0 aromatic carbocycles. The SMILES string of the molecule is CN/C=C1/C=CC=CC1=O.CN/C=C1/C=CC=CC1=O.[Cu]. The first-order valence-electron chi connectivity index (χ1n) is 6.22. The maximum absolute atomic E-state index is 10.9. The summed E-state index contributed by atoms with van der Waals surface area (Å²) in [6, 6.07) is 0. The molecule has 2 N–H and O–H groups in total. The standard InChI is InChI=1S/2C8H9NO.Cu/c2*1-9-6-7-4-2-3-5-8(7)10;/h2*2-6,9H,1H3;/b2*7-6-;. The Bertz CT molecular complexity index is 503. The molecule has 0 aliphatic heterocycles. The average molecular weight is 334 g/mol. The van der Waals surface area contributed by atoms with Gasteiger partial charge in [-0.25, -0.2) is 0 Å². The zero-order valence-electron chi connectivity index (χ0n) is 11.9. The van der Waals surface area contributed by atoms with Crippen LogP contribution in [0.4, 0.5) is 0 Å². The summed E-state index contributed by atoms with van der Waals surface area (Å²) in [6.45, 7) is 0. The maximum atomic E-state index is 10.9. The second kappa shape index (κ2) is 10.7. The van der Waals surface area contributed by atoms with E-state index in [2.05, 4.69) is 10.6 Å². The van der Waals surface area contributed by atoms with E-state index in [1.54, 1.807) is 63.0 Å². The molecule has 0 fully saturated rings. The zero-order valence-corrected chi connectivity index (χ0v) is 12.8. The summed E-state index contributed by atoms with van der Waals surface area (Å²) >= 11 is 0. The Morgan fingerprint density at radius 1 is 0.714 bits per heavy atom. The number of hydrogen-bond donors (Lipinski definition) is 2. The molecule has 4 nitrogen and oxygen atoms in total. The summed E-state index contributed by atoms with van der Waals surface area (Å²) in [7, 11) is 3.54. The van der Waals surface area contributed by atoms with Crippen molar-refractivity contribution in [3.8, 4) is 0 Å².